The Labute approximate surface area is 133 Å². The topological polar surface area (TPSA) is 87.7 Å². The zero-order chi connectivity index (χ0) is 16.7. The summed E-state index contributed by atoms with van der Waals surface area (Å²) in [6.45, 7) is 0. The summed E-state index contributed by atoms with van der Waals surface area (Å²) in [7, 11) is 1.52. The number of carboxylic acids is 1. The molecule has 0 saturated heterocycles. The van der Waals surface area contributed by atoms with Crippen LogP contribution in [0.5, 0.6) is 5.75 Å². The Balaban J connectivity index is 2.11. The summed E-state index contributed by atoms with van der Waals surface area (Å²) in [5.41, 5.74) is 6.11. The summed E-state index contributed by atoms with van der Waals surface area (Å²) in [6, 6.07) is 15.4. The molecule has 0 aliphatic rings. The van der Waals surface area contributed by atoms with Crippen molar-refractivity contribution in [2.75, 3.05) is 12.5 Å². The summed E-state index contributed by atoms with van der Waals surface area (Å²) in [4.78, 5) is 23.3. The van der Waals surface area contributed by atoms with Crippen LogP contribution in [0.1, 0.15) is 5.56 Å². The number of benzene rings is 2. The Morgan fingerprint density at radius 2 is 1.70 bits per heavy atom. The molecule has 0 aliphatic heterocycles. The highest BCUT2D eigenvalue weighted by atomic mass is 16.5. The lowest BCUT2D eigenvalue weighted by Gasteiger charge is -2.08. The first-order valence-corrected chi connectivity index (χ1v) is 6.80. The maximum atomic E-state index is 11.9. The number of hydrazine groups is 1. The van der Waals surface area contributed by atoms with Gasteiger partial charge in [0.05, 0.1) is 18.4 Å². The lowest BCUT2D eigenvalue weighted by molar-refractivity contribution is -0.130. The van der Waals surface area contributed by atoms with E-state index in [0.29, 0.717) is 17.0 Å². The van der Waals surface area contributed by atoms with Crippen molar-refractivity contribution in [2.24, 2.45) is 0 Å². The van der Waals surface area contributed by atoms with Gasteiger partial charge in [-0.15, -0.1) is 0 Å². The van der Waals surface area contributed by atoms with Crippen LogP contribution < -0.4 is 15.6 Å². The van der Waals surface area contributed by atoms with Crippen molar-refractivity contribution in [2.45, 2.75) is 0 Å². The second-order valence-electron chi connectivity index (χ2n) is 4.57. The van der Waals surface area contributed by atoms with Crippen molar-refractivity contribution in [1.29, 1.82) is 0 Å². The fourth-order valence-electron chi connectivity index (χ4n) is 1.86. The molecule has 2 aromatic rings. The molecule has 0 aromatic heterocycles. The zero-order valence-electron chi connectivity index (χ0n) is 12.4. The standard InChI is InChI=1S/C17H16N2O4/c1-23-14-9-7-12(8-10-14)15(17(21)22)11-16(20)19-18-13-5-3-2-4-6-13/h2-11,18H,1H3,(H,19,20)(H,21,22)/b15-11-. The first-order chi connectivity index (χ1) is 11.1. The van der Waals surface area contributed by atoms with Crippen molar-refractivity contribution >= 4 is 23.1 Å². The minimum Gasteiger partial charge on any atom is -0.497 e. The van der Waals surface area contributed by atoms with Gasteiger partial charge in [-0.1, -0.05) is 30.3 Å². The van der Waals surface area contributed by atoms with E-state index in [0.717, 1.165) is 6.08 Å². The molecular weight excluding hydrogens is 296 g/mol. The smallest absolute Gasteiger partial charge is 0.336 e. The SMILES string of the molecule is COc1ccc(/C(=C/C(=O)NNc2ccccc2)C(=O)O)cc1. The van der Waals surface area contributed by atoms with Crippen LogP contribution in [0.15, 0.2) is 60.7 Å². The minimum absolute atomic E-state index is 0.111. The molecule has 1 amide bonds. The molecule has 0 heterocycles. The average Bonchev–Trinajstić information content (AvgIpc) is 2.58. The zero-order valence-corrected chi connectivity index (χ0v) is 12.4. The highest BCUT2D eigenvalue weighted by Gasteiger charge is 2.12. The lowest BCUT2D eigenvalue weighted by atomic mass is 10.1. The Morgan fingerprint density at radius 3 is 2.26 bits per heavy atom. The number of carbonyl (C=O) groups excluding carboxylic acids is 1. The first-order valence-electron chi connectivity index (χ1n) is 6.80. The van der Waals surface area contributed by atoms with E-state index in [1.807, 2.05) is 18.2 Å². The average molecular weight is 312 g/mol. The number of hydrogen-bond acceptors (Lipinski definition) is 4. The van der Waals surface area contributed by atoms with Crippen LogP contribution >= 0.6 is 0 Å². The maximum Gasteiger partial charge on any atom is 0.336 e. The van der Waals surface area contributed by atoms with Gasteiger partial charge < -0.3 is 9.84 Å². The molecule has 6 heteroatoms. The maximum absolute atomic E-state index is 11.9. The predicted molar refractivity (Wildman–Crippen MR) is 86.8 cm³/mol. The highest BCUT2D eigenvalue weighted by Crippen LogP contribution is 2.18. The number of anilines is 1. The van der Waals surface area contributed by atoms with Gasteiger partial charge in [0.2, 0.25) is 0 Å². The third kappa shape index (κ3) is 4.60. The Morgan fingerprint density at radius 1 is 1.04 bits per heavy atom. The van der Waals surface area contributed by atoms with E-state index in [1.54, 1.807) is 36.4 Å². The van der Waals surface area contributed by atoms with Crippen LogP contribution in [-0.2, 0) is 9.59 Å². The van der Waals surface area contributed by atoms with E-state index >= 15 is 0 Å². The number of aliphatic carboxylic acids is 1. The monoisotopic (exact) mass is 312 g/mol. The number of para-hydroxylation sites is 1. The molecule has 0 spiro atoms. The molecule has 23 heavy (non-hydrogen) atoms. The van der Waals surface area contributed by atoms with E-state index < -0.39 is 11.9 Å². The minimum atomic E-state index is -1.19. The normalized spacial score (nSPS) is 10.7. The van der Waals surface area contributed by atoms with Gasteiger partial charge in [0.1, 0.15) is 5.75 Å². The largest absolute Gasteiger partial charge is 0.497 e. The van der Waals surface area contributed by atoms with Crippen LogP contribution in [0, 0.1) is 0 Å². The quantitative estimate of drug-likeness (QED) is 0.563. The number of rotatable bonds is 6. The molecule has 6 nitrogen and oxygen atoms in total. The fraction of sp³-hybridized carbons (Fsp3) is 0.0588. The summed E-state index contributed by atoms with van der Waals surface area (Å²) in [5, 5.41) is 9.29. The number of amides is 1. The summed E-state index contributed by atoms with van der Waals surface area (Å²) in [5.74, 6) is -1.15. The van der Waals surface area contributed by atoms with Gasteiger partial charge in [-0.25, -0.2) is 4.79 Å². The Hall–Kier alpha value is -3.28. The molecule has 2 aromatic carbocycles. The van der Waals surface area contributed by atoms with Gasteiger partial charge in [0, 0.05) is 6.08 Å². The number of ether oxygens (including phenoxy) is 1. The molecule has 0 bridgehead atoms. The van der Waals surface area contributed by atoms with Crippen LogP contribution in [0.3, 0.4) is 0 Å². The molecule has 0 saturated carbocycles. The number of hydrogen-bond donors (Lipinski definition) is 3. The summed E-state index contributed by atoms with van der Waals surface area (Å²) < 4.78 is 5.02. The van der Waals surface area contributed by atoms with E-state index in [9.17, 15) is 14.7 Å². The Bertz CT molecular complexity index is 709. The second-order valence-corrected chi connectivity index (χ2v) is 4.57. The van der Waals surface area contributed by atoms with Gasteiger partial charge >= 0.3 is 5.97 Å². The molecule has 0 aliphatic carbocycles. The lowest BCUT2D eigenvalue weighted by Crippen LogP contribution is -2.28. The van der Waals surface area contributed by atoms with Crippen molar-refractivity contribution in [3.05, 3.63) is 66.2 Å². The molecule has 2 rings (SSSR count). The predicted octanol–water partition coefficient (Wildman–Crippen LogP) is 2.31. The van der Waals surface area contributed by atoms with Crippen LogP contribution in [-0.4, -0.2) is 24.1 Å². The molecule has 3 N–H and O–H groups in total. The van der Waals surface area contributed by atoms with Crippen molar-refractivity contribution in [1.82, 2.24) is 5.43 Å². The second kappa shape index (κ2) is 7.65. The first kappa shape index (κ1) is 16.1. The summed E-state index contributed by atoms with van der Waals surface area (Å²) in [6.07, 6.45) is 1.03. The Kier molecular flexibility index (Phi) is 5.35. The number of methoxy groups -OCH3 is 1. The van der Waals surface area contributed by atoms with E-state index in [4.69, 9.17) is 4.74 Å². The molecule has 118 valence electrons. The van der Waals surface area contributed by atoms with Crippen molar-refractivity contribution < 1.29 is 19.4 Å². The number of carbonyl (C=O) groups is 2. The number of nitrogens with one attached hydrogen (secondary N) is 2. The van der Waals surface area contributed by atoms with Crippen LogP contribution in [0.2, 0.25) is 0 Å². The number of carboxylic acid groups (broad SMARTS) is 1. The highest BCUT2D eigenvalue weighted by molar-refractivity contribution is 6.20. The van der Waals surface area contributed by atoms with E-state index in [-0.39, 0.29) is 5.57 Å². The molecule has 0 atom stereocenters. The van der Waals surface area contributed by atoms with Gasteiger partial charge in [0.15, 0.2) is 0 Å². The van der Waals surface area contributed by atoms with Crippen molar-refractivity contribution in [3.63, 3.8) is 0 Å². The van der Waals surface area contributed by atoms with E-state index in [1.165, 1.54) is 7.11 Å². The van der Waals surface area contributed by atoms with Gasteiger partial charge in [-0.3, -0.25) is 15.6 Å². The van der Waals surface area contributed by atoms with Gasteiger partial charge in [-0.05, 0) is 29.8 Å². The third-order valence-corrected chi connectivity index (χ3v) is 3.01. The van der Waals surface area contributed by atoms with Gasteiger partial charge in [-0.2, -0.15) is 0 Å². The van der Waals surface area contributed by atoms with E-state index in [2.05, 4.69) is 10.9 Å². The summed E-state index contributed by atoms with van der Waals surface area (Å²) >= 11 is 0. The molecule has 0 unspecified atom stereocenters. The van der Waals surface area contributed by atoms with Crippen LogP contribution in [0.25, 0.3) is 5.57 Å². The molecule has 0 radical (unpaired) electrons. The molecule has 0 fully saturated rings. The van der Waals surface area contributed by atoms with Crippen molar-refractivity contribution in [3.8, 4) is 5.75 Å². The molecular formula is C17H16N2O4. The fourth-order valence-corrected chi connectivity index (χ4v) is 1.86. The van der Waals surface area contributed by atoms with Crippen LogP contribution in [0.4, 0.5) is 5.69 Å². The van der Waals surface area contributed by atoms with Gasteiger partial charge in [0.25, 0.3) is 5.91 Å². The third-order valence-electron chi connectivity index (χ3n) is 3.01.